The van der Waals surface area contributed by atoms with E-state index in [1.165, 1.54) is 0 Å². The molecule has 0 bridgehead atoms. The van der Waals surface area contributed by atoms with Crippen LogP contribution in [0.4, 0.5) is 0 Å². The summed E-state index contributed by atoms with van der Waals surface area (Å²) >= 11 is 0. The van der Waals surface area contributed by atoms with Crippen molar-refractivity contribution >= 4 is 11.8 Å². The van der Waals surface area contributed by atoms with Crippen LogP contribution in [0.15, 0.2) is 30.3 Å². The van der Waals surface area contributed by atoms with Gasteiger partial charge in [-0.3, -0.25) is 9.59 Å². The molecule has 1 aliphatic rings. The van der Waals surface area contributed by atoms with Gasteiger partial charge in [0.1, 0.15) is 11.8 Å². The van der Waals surface area contributed by atoms with E-state index in [-0.39, 0.29) is 18.2 Å². The van der Waals surface area contributed by atoms with E-state index >= 15 is 0 Å². The van der Waals surface area contributed by atoms with Gasteiger partial charge in [0, 0.05) is 33.7 Å². The van der Waals surface area contributed by atoms with E-state index < -0.39 is 6.04 Å². The average molecular weight is 319 g/mol. The van der Waals surface area contributed by atoms with Gasteiger partial charge >= 0.3 is 0 Å². The smallest absolute Gasteiger partial charge is 0.246 e. The third kappa shape index (κ3) is 4.69. The lowest BCUT2D eigenvalue weighted by molar-refractivity contribution is -0.147. The summed E-state index contributed by atoms with van der Waals surface area (Å²) in [5, 5.41) is 0. The van der Waals surface area contributed by atoms with Gasteiger partial charge in [0.25, 0.3) is 0 Å². The largest absolute Gasteiger partial charge is 0.493 e. The second-order valence-corrected chi connectivity index (χ2v) is 6.01. The van der Waals surface area contributed by atoms with Crippen LogP contribution in [0, 0.1) is 0 Å². The molecule has 6 nitrogen and oxygen atoms in total. The molecular formula is C17H25N3O3. The number of carbonyl (C=O) groups excluding carboxylic acids is 2. The fraction of sp³-hybridized carbons (Fsp3) is 0.529. The van der Waals surface area contributed by atoms with E-state index in [0.717, 1.165) is 12.3 Å². The number of piperazine rings is 1. The molecule has 0 aromatic heterocycles. The summed E-state index contributed by atoms with van der Waals surface area (Å²) in [5.41, 5.74) is 0. The van der Waals surface area contributed by atoms with Crippen molar-refractivity contribution < 1.29 is 14.3 Å². The molecule has 1 heterocycles. The maximum atomic E-state index is 12.5. The van der Waals surface area contributed by atoms with Gasteiger partial charge in [-0.1, -0.05) is 18.2 Å². The van der Waals surface area contributed by atoms with Gasteiger partial charge in [0.05, 0.1) is 13.0 Å². The van der Waals surface area contributed by atoms with E-state index in [0.29, 0.717) is 19.7 Å². The number of para-hydroxylation sites is 1. The van der Waals surface area contributed by atoms with Crippen molar-refractivity contribution in [3.05, 3.63) is 30.3 Å². The molecule has 1 aromatic rings. The Bertz CT molecular complexity index is 533. The Balaban J connectivity index is 1.91. The molecule has 0 unspecified atom stereocenters. The fourth-order valence-corrected chi connectivity index (χ4v) is 2.64. The summed E-state index contributed by atoms with van der Waals surface area (Å²) in [6, 6.07) is 9.01. The zero-order valence-electron chi connectivity index (χ0n) is 14.1. The van der Waals surface area contributed by atoms with Crippen LogP contribution in [0.3, 0.4) is 0 Å². The van der Waals surface area contributed by atoms with Gasteiger partial charge in [0.15, 0.2) is 0 Å². The molecule has 0 radical (unpaired) electrons. The third-order valence-electron chi connectivity index (χ3n) is 3.96. The van der Waals surface area contributed by atoms with Crippen LogP contribution in [-0.2, 0) is 9.59 Å². The van der Waals surface area contributed by atoms with Gasteiger partial charge in [-0.05, 0) is 19.2 Å². The summed E-state index contributed by atoms with van der Waals surface area (Å²) in [5.74, 6) is 0.683. The Morgan fingerprint density at radius 2 is 1.91 bits per heavy atom. The zero-order valence-corrected chi connectivity index (χ0v) is 14.1. The Morgan fingerprint density at radius 3 is 2.57 bits per heavy atom. The van der Waals surface area contributed by atoms with Crippen molar-refractivity contribution in [3.8, 4) is 5.75 Å². The Kier molecular flexibility index (Phi) is 5.98. The monoisotopic (exact) mass is 319 g/mol. The minimum absolute atomic E-state index is 0.0331. The Labute approximate surface area is 137 Å². The molecule has 0 aliphatic carbocycles. The van der Waals surface area contributed by atoms with E-state index in [1.54, 1.807) is 23.9 Å². The van der Waals surface area contributed by atoms with Crippen molar-refractivity contribution in [3.63, 3.8) is 0 Å². The first-order valence-electron chi connectivity index (χ1n) is 7.86. The summed E-state index contributed by atoms with van der Waals surface area (Å²) in [6.45, 7) is 2.24. The summed E-state index contributed by atoms with van der Waals surface area (Å²) in [7, 11) is 5.41. The number of carbonyl (C=O) groups is 2. The number of benzene rings is 1. The molecule has 1 aromatic carbocycles. The summed E-state index contributed by atoms with van der Waals surface area (Å²) in [6.07, 6.45) is 0.274. The van der Waals surface area contributed by atoms with Crippen LogP contribution in [-0.4, -0.2) is 79.9 Å². The number of amides is 2. The zero-order chi connectivity index (χ0) is 16.8. The molecule has 0 N–H and O–H groups in total. The van der Waals surface area contributed by atoms with Gasteiger partial charge in [-0.15, -0.1) is 0 Å². The molecule has 0 spiro atoms. The summed E-state index contributed by atoms with van der Waals surface area (Å²) in [4.78, 5) is 30.1. The van der Waals surface area contributed by atoms with Crippen LogP contribution in [0.5, 0.6) is 5.75 Å². The molecule has 23 heavy (non-hydrogen) atoms. The fourth-order valence-electron chi connectivity index (χ4n) is 2.64. The lowest BCUT2D eigenvalue weighted by Crippen LogP contribution is -2.59. The first kappa shape index (κ1) is 17.3. The standard InChI is InChI=1S/C17H25N3O3/c1-18(2)17(22)15-13-19(3)10-11-20(15)16(21)9-12-23-14-7-5-4-6-8-14/h4-8,15H,9-13H2,1-3H3/t15-/m1/s1. The summed E-state index contributed by atoms with van der Waals surface area (Å²) < 4.78 is 5.58. The highest BCUT2D eigenvalue weighted by molar-refractivity contribution is 5.88. The van der Waals surface area contributed by atoms with Crippen molar-refractivity contribution in [1.82, 2.24) is 14.7 Å². The molecule has 2 amide bonds. The number of rotatable bonds is 5. The van der Waals surface area contributed by atoms with Crippen molar-refractivity contribution in [2.24, 2.45) is 0 Å². The van der Waals surface area contributed by atoms with Crippen LogP contribution >= 0.6 is 0 Å². The molecular weight excluding hydrogens is 294 g/mol. The highest BCUT2D eigenvalue weighted by Crippen LogP contribution is 2.13. The second kappa shape index (κ2) is 7.97. The highest BCUT2D eigenvalue weighted by Gasteiger charge is 2.34. The number of likely N-dealkylation sites (N-methyl/N-ethyl adjacent to an activating group) is 2. The maximum Gasteiger partial charge on any atom is 0.246 e. The average Bonchev–Trinajstić information content (AvgIpc) is 2.54. The van der Waals surface area contributed by atoms with Crippen molar-refractivity contribution in [1.29, 1.82) is 0 Å². The van der Waals surface area contributed by atoms with Crippen LogP contribution in [0.1, 0.15) is 6.42 Å². The molecule has 6 heteroatoms. The van der Waals surface area contributed by atoms with Gasteiger partial charge < -0.3 is 19.4 Å². The minimum Gasteiger partial charge on any atom is -0.493 e. The predicted octanol–water partition coefficient (Wildman–Crippen LogP) is 0.686. The first-order chi connectivity index (χ1) is 11.0. The van der Waals surface area contributed by atoms with E-state index in [9.17, 15) is 9.59 Å². The number of ether oxygens (including phenoxy) is 1. The van der Waals surface area contributed by atoms with E-state index in [1.807, 2.05) is 37.4 Å². The van der Waals surface area contributed by atoms with Gasteiger partial charge in [0.2, 0.25) is 11.8 Å². The van der Waals surface area contributed by atoms with Crippen LogP contribution < -0.4 is 4.74 Å². The van der Waals surface area contributed by atoms with Gasteiger partial charge in [-0.25, -0.2) is 0 Å². The quantitative estimate of drug-likeness (QED) is 0.801. The van der Waals surface area contributed by atoms with E-state index in [4.69, 9.17) is 4.74 Å². The molecule has 1 saturated heterocycles. The van der Waals surface area contributed by atoms with E-state index in [2.05, 4.69) is 4.90 Å². The van der Waals surface area contributed by atoms with Crippen LogP contribution in [0.25, 0.3) is 0 Å². The van der Waals surface area contributed by atoms with Crippen LogP contribution in [0.2, 0.25) is 0 Å². The first-order valence-corrected chi connectivity index (χ1v) is 7.86. The second-order valence-electron chi connectivity index (χ2n) is 6.01. The Hall–Kier alpha value is -2.08. The lowest BCUT2D eigenvalue weighted by Gasteiger charge is -2.40. The number of nitrogens with zero attached hydrogens (tertiary/aromatic N) is 3. The molecule has 1 atom stereocenters. The molecule has 2 rings (SSSR count). The highest BCUT2D eigenvalue weighted by atomic mass is 16.5. The maximum absolute atomic E-state index is 12.5. The molecule has 0 saturated carbocycles. The third-order valence-corrected chi connectivity index (χ3v) is 3.96. The molecule has 1 fully saturated rings. The predicted molar refractivity (Wildman–Crippen MR) is 88.2 cm³/mol. The molecule has 1 aliphatic heterocycles. The van der Waals surface area contributed by atoms with Crippen molar-refractivity contribution in [2.45, 2.75) is 12.5 Å². The Morgan fingerprint density at radius 1 is 1.22 bits per heavy atom. The van der Waals surface area contributed by atoms with Gasteiger partial charge in [-0.2, -0.15) is 0 Å². The number of hydrogen-bond donors (Lipinski definition) is 0. The normalized spacial score (nSPS) is 18.6. The topological polar surface area (TPSA) is 53.1 Å². The SMILES string of the molecule is CN1CCN(C(=O)CCOc2ccccc2)[C@@H](C(=O)N(C)C)C1. The molecule has 126 valence electrons. The lowest BCUT2D eigenvalue weighted by atomic mass is 10.1. The minimum atomic E-state index is -0.409. The van der Waals surface area contributed by atoms with Crippen molar-refractivity contribution in [2.75, 3.05) is 47.4 Å². The number of hydrogen-bond acceptors (Lipinski definition) is 4.